The van der Waals surface area contributed by atoms with Gasteiger partial charge in [0.25, 0.3) is 0 Å². The maximum atomic E-state index is 11.0. The monoisotopic (exact) mass is 223 g/mol. The van der Waals surface area contributed by atoms with Crippen LogP contribution in [0.4, 0.5) is 5.69 Å². The molecule has 16 heavy (non-hydrogen) atoms. The number of carbonyl (C=O) groups is 2. The second-order valence-electron chi connectivity index (χ2n) is 3.65. The SMILES string of the molecule is Cc1c(N)c(C)c(C(=O)O)c(C)c1C(=O)O. The molecule has 0 aliphatic heterocycles. The molecule has 1 aromatic carbocycles. The zero-order chi connectivity index (χ0) is 12.6. The predicted octanol–water partition coefficient (Wildman–Crippen LogP) is 1.59. The van der Waals surface area contributed by atoms with Gasteiger partial charge in [0.15, 0.2) is 0 Å². The third-order valence-electron chi connectivity index (χ3n) is 2.74. The van der Waals surface area contributed by atoms with Crippen LogP contribution in [0.5, 0.6) is 0 Å². The number of anilines is 1. The molecule has 1 rings (SSSR count). The van der Waals surface area contributed by atoms with Crippen molar-refractivity contribution >= 4 is 17.6 Å². The van der Waals surface area contributed by atoms with Gasteiger partial charge in [-0.05, 0) is 37.5 Å². The van der Waals surface area contributed by atoms with Crippen molar-refractivity contribution in [3.63, 3.8) is 0 Å². The lowest BCUT2D eigenvalue weighted by molar-refractivity contribution is 0.0695. The number of nitrogen functional groups attached to an aromatic ring is 1. The van der Waals surface area contributed by atoms with E-state index in [0.29, 0.717) is 11.1 Å². The molecule has 0 fully saturated rings. The number of rotatable bonds is 2. The molecule has 0 aliphatic rings. The summed E-state index contributed by atoms with van der Waals surface area (Å²) in [6, 6.07) is 0. The summed E-state index contributed by atoms with van der Waals surface area (Å²) >= 11 is 0. The molecular weight excluding hydrogens is 210 g/mol. The Bertz CT molecular complexity index is 450. The molecule has 0 aliphatic carbocycles. The van der Waals surface area contributed by atoms with Gasteiger partial charge < -0.3 is 15.9 Å². The number of benzene rings is 1. The van der Waals surface area contributed by atoms with Crippen LogP contribution in [0, 0.1) is 20.8 Å². The molecule has 0 atom stereocenters. The van der Waals surface area contributed by atoms with Crippen LogP contribution in [0.1, 0.15) is 37.4 Å². The largest absolute Gasteiger partial charge is 0.478 e. The Morgan fingerprint density at radius 3 is 1.44 bits per heavy atom. The van der Waals surface area contributed by atoms with Gasteiger partial charge in [0.1, 0.15) is 0 Å². The first-order chi connectivity index (χ1) is 7.29. The average molecular weight is 223 g/mol. The van der Waals surface area contributed by atoms with Gasteiger partial charge in [0.2, 0.25) is 0 Å². The Hall–Kier alpha value is -2.04. The Morgan fingerprint density at radius 1 is 0.875 bits per heavy atom. The van der Waals surface area contributed by atoms with E-state index in [1.807, 2.05) is 0 Å². The first kappa shape index (κ1) is 12.0. The van der Waals surface area contributed by atoms with Gasteiger partial charge in [-0.2, -0.15) is 0 Å². The normalized spacial score (nSPS) is 10.2. The molecule has 0 heterocycles. The fourth-order valence-electron chi connectivity index (χ4n) is 1.88. The minimum absolute atomic E-state index is 0.0273. The predicted molar refractivity (Wildman–Crippen MR) is 59.0 cm³/mol. The van der Waals surface area contributed by atoms with Crippen molar-refractivity contribution in [2.24, 2.45) is 0 Å². The van der Waals surface area contributed by atoms with Crippen LogP contribution in [-0.4, -0.2) is 22.2 Å². The van der Waals surface area contributed by atoms with Crippen LogP contribution >= 0.6 is 0 Å². The van der Waals surface area contributed by atoms with Gasteiger partial charge in [-0.15, -0.1) is 0 Å². The minimum atomic E-state index is -1.16. The highest BCUT2D eigenvalue weighted by Crippen LogP contribution is 2.28. The topological polar surface area (TPSA) is 101 Å². The van der Waals surface area contributed by atoms with E-state index in [0.717, 1.165) is 0 Å². The van der Waals surface area contributed by atoms with Gasteiger partial charge in [-0.3, -0.25) is 0 Å². The van der Waals surface area contributed by atoms with E-state index in [9.17, 15) is 9.59 Å². The number of hydrogen-bond donors (Lipinski definition) is 3. The highest BCUT2D eigenvalue weighted by molar-refractivity contribution is 6.01. The summed E-state index contributed by atoms with van der Waals surface area (Å²) in [5.41, 5.74) is 6.93. The summed E-state index contributed by atoms with van der Waals surface area (Å²) in [6.07, 6.45) is 0. The highest BCUT2D eigenvalue weighted by atomic mass is 16.4. The van der Waals surface area contributed by atoms with Crippen LogP contribution in [0.3, 0.4) is 0 Å². The van der Waals surface area contributed by atoms with Crippen LogP contribution in [-0.2, 0) is 0 Å². The van der Waals surface area contributed by atoms with E-state index < -0.39 is 11.9 Å². The van der Waals surface area contributed by atoms with Crippen molar-refractivity contribution in [2.45, 2.75) is 20.8 Å². The molecule has 0 bridgehead atoms. The average Bonchev–Trinajstić information content (AvgIpc) is 2.13. The zero-order valence-corrected chi connectivity index (χ0v) is 9.29. The molecule has 0 unspecified atom stereocenters. The Morgan fingerprint density at radius 2 is 1.19 bits per heavy atom. The van der Waals surface area contributed by atoms with Crippen molar-refractivity contribution < 1.29 is 19.8 Å². The molecule has 0 saturated carbocycles. The van der Waals surface area contributed by atoms with Gasteiger partial charge in [-0.25, -0.2) is 9.59 Å². The molecule has 0 amide bonds. The first-order valence-corrected chi connectivity index (χ1v) is 4.64. The maximum Gasteiger partial charge on any atom is 0.336 e. The fraction of sp³-hybridized carbons (Fsp3) is 0.273. The molecule has 4 N–H and O–H groups in total. The zero-order valence-electron chi connectivity index (χ0n) is 9.29. The molecular formula is C11H13NO4. The summed E-state index contributed by atoms with van der Waals surface area (Å²) in [5, 5.41) is 18.0. The van der Waals surface area contributed by atoms with E-state index in [-0.39, 0.29) is 22.4 Å². The quantitative estimate of drug-likeness (QED) is 0.661. The molecule has 1 aromatic rings. The van der Waals surface area contributed by atoms with Crippen LogP contribution in [0.15, 0.2) is 0 Å². The number of aromatic carboxylic acids is 2. The van der Waals surface area contributed by atoms with Crippen molar-refractivity contribution in [1.82, 2.24) is 0 Å². The Kier molecular flexibility index (Phi) is 2.89. The maximum absolute atomic E-state index is 11.0. The number of carboxylic acid groups (broad SMARTS) is 2. The van der Waals surface area contributed by atoms with Crippen molar-refractivity contribution in [3.05, 3.63) is 27.8 Å². The van der Waals surface area contributed by atoms with Crippen molar-refractivity contribution in [2.75, 3.05) is 5.73 Å². The van der Waals surface area contributed by atoms with Crippen molar-refractivity contribution in [1.29, 1.82) is 0 Å². The lowest BCUT2D eigenvalue weighted by atomic mass is 9.91. The standard InChI is InChI=1S/C11H13NO4/c1-4-7(10(13)14)5(2)9(12)6(3)8(4)11(15)16/h12H2,1-3H3,(H,13,14)(H,15,16). The van der Waals surface area contributed by atoms with E-state index in [1.54, 1.807) is 13.8 Å². The van der Waals surface area contributed by atoms with Gasteiger partial charge >= 0.3 is 11.9 Å². The van der Waals surface area contributed by atoms with Gasteiger partial charge in [-0.1, -0.05) is 0 Å². The highest BCUT2D eigenvalue weighted by Gasteiger charge is 2.23. The molecule has 86 valence electrons. The molecule has 0 aromatic heterocycles. The fourth-order valence-corrected chi connectivity index (χ4v) is 1.88. The number of carboxylic acids is 2. The third-order valence-corrected chi connectivity index (χ3v) is 2.74. The number of nitrogens with two attached hydrogens (primary N) is 1. The van der Waals surface area contributed by atoms with Crippen LogP contribution < -0.4 is 5.73 Å². The lowest BCUT2D eigenvalue weighted by Crippen LogP contribution is -2.14. The number of hydrogen-bond acceptors (Lipinski definition) is 3. The van der Waals surface area contributed by atoms with E-state index >= 15 is 0 Å². The molecule has 0 saturated heterocycles. The summed E-state index contributed by atoms with van der Waals surface area (Å²) < 4.78 is 0. The van der Waals surface area contributed by atoms with Crippen LogP contribution in [0.2, 0.25) is 0 Å². The van der Waals surface area contributed by atoms with Crippen LogP contribution in [0.25, 0.3) is 0 Å². The Labute approximate surface area is 92.5 Å². The summed E-state index contributed by atoms with van der Waals surface area (Å²) in [7, 11) is 0. The second-order valence-corrected chi connectivity index (χ2v) is 3.65. The first-order valence-electron chi connectivity index (χ1n) is 4.64. The molecule has 5 heteroatoms. The van der Waals surface area contributed by atoms with E-state index in [4.69, 9.17) is 15.9 Å². The minimum Gasteiger partial charge on any atom is -0.478 e. The summed E-state index contributed by atoms with van der Waals surface area (Å²) in [5.74, 6) is -2.33. The lowest BCUT2D eigenvalue weighted by Gasteiger charge is -2.15. The summed E-state index contributed by atoms with van der Waals surface area (Å²) in [4.78, 5) is 22.1. The molecule has 5 nitrogen and oxygen atoms in total. The van der Waals surface area contributed by atoms with Gasteiger partial charge in [0.05, 0.1) is 11.1 Å². The van der Waals surface area contributed by atoms with Gasteiger partial charge in [0, 0.05) is 5.69 Å². The van der Waals surface area contributed by atoms with E-state index in [1.165, 1.54) is 6.92 Å². The molecule has 0 radical (unpaired) electrons. The summed E-state index contributed by atoms with van der Waals surface area (Å²) in [6.45, 7) is 4.63. The second kappa shape index (κ2) is 3.84. The third kappa shape index (κ3) is 1.60. The van der Waals surface area contributed by atoms with Crippen molar-refractivity contribution in [3.8, 4) is 0 Å². The smallest absolute Gasteiger partial charge is 0.336 e. The van der Waals surface area contributed by atoms with E-state index in [2.05, 4.69) is 0 Å². The Balaban J connectivity index is 3.80. The molecule has 0 spiro atoms.